The van der Waals surface area contributed by atoms with Gasteiger partial charge in [-0.1, -0.05) is 12.1 Å². The molecule has 0 radical (unpaired) electrons. The Morgan fingerprint density at radius 1 is 1.38 bits per heavy atom. The van der Waals surface area contributed by atoms with E-state index in [1.165, 1.54) is 6.20 Å². The van der Waals surface area contributed by atoms with Gasteiger partial charge >= 0.3 is 0 Å². The Morgan fingerprint density at radius 2 is 2.12 bits per heavy atom. The third-order valence-electron chi connectivity index (χ3n) is 4.22. The van der Waals surface area contributed by atoms with Crippen LogP contribution in [-0.4, -0.2) is 33.0 Å². The first-order valence-corrected chi connectivity index (χ1v) is 8.69. The van der Waals surface area contributed by atoms with Gasteiger partial charge in [-0.15, -0.1) is 11.3 Å². The highest BCUT2D eigenvalue weighted by Crippen LogP contribution is 2.30. The van der Waals surface area contributed by atoms with E-state index in [9.17, 15) is 4.79 Å². The molecule has 0 aromatic carbocycles. The molecule has 3 heterocycles. The van der Waals surface area contributed by atoms with E-state index in [2.05, 4.69) is 22.0 Å². The van der Waals surface area contributed by atoms with E-state index in [0.717, 1.165) is 33.1 Å². The molecular formula is C17H20N4O2S. The fraction of sp³-hybridized carbons (Fsp3) is 0.412. The highest BCUT2D eigenvalue weighted by atomic mass is 32.1. The molecule has 0 saturated carbocycles. The molecule has 3 aromatic heterocycles. The SMILES string of the molecule is CCc1nc(C)c(C(C)N(C)C(=O)c2cnc3onc(C)c3c2)s1. The minimum absolute atomic E-state index is 0.0467. The molecule has 0 spiro atoms. The molecule has 0 aliphatic carbocycles. The lowest BCUT2D eigenvalue weighted by molar-refractivity contribution is 0.0744. The first kappa shape index (κ1) is 16.6. The monoisotopic (exact) mass is 344 g/mol. The molecule has 0 aliphatic heterocycles. The first-order chi connectivity index (χ1) is 11.4. The molecule has 1 atom stereocenters. The molecule has 126 valence electrons. The van der Waals surface area contributed by atoms with E-state index in [0.29, 0.717) is 11.3 Å². The van der Waals surface area contributed by atoms with Crippen LogP contribution in [0.4, 0.5) is 0 Å². The molecule has 0 fully saturated rings. The Hall–Kier alpha value is -2.28. The van der Waals surface area contributed by atoms with E-state index < -0.39 is 0 Å². The number of thiazole rings is 1. The zero-order chi connectivity index (χ0) is 17.4. The van der Waals surface area contributed by atoms with Gasteiger partial charge in [0.25, 0.3) is 11.6 Å². The van der Waals surface area contributed by atoms with Crippen LogP contribution >= 0.6 is 11.3 Å². The van der Waals surface area contributed by atoms with Crippen LogP contribution < -0.4 is 0 Å². The van der Waals surface area contributed by atoms with Crippen molar-refractivity contribution in [3.05, 3.63) is 39.1 Å². The first-order valence-electron chi connectivity index (χ1n) is 7.87. The van der Waals surface area contributed by atoms with Crippen LogP contribution in [0.25, 0.3) is 11.1 Å². The minimum Gasteiger partial charge on any atom is -0.336 e. The Bertz CT molecular complexity index is 899. The number of carbonyl (C=O) groups is 1. The predicted octanol–water partition coefficient (Wildman–Crippen LogP) is 3.69. The van der Waals surface area contributed by atoms with Crippen molar-refractivity contribution in [3.8, 4) is 0 Å². The molecule has 1 amide bonds. The lowest BCUT2D eigenvalue weighted by Crippen LogP contribution is -2.29. The maximum atomic E-state index is 12.8. The van der Waals surface area contributed by atoms with Crippen molar-refractivity contribution < 1.29 is 9.32 Å². The average molecular weight is 344 g/mol. The summed E-state index contributed by atoms with van der Waals surface area (Å²) in [6, 6.07) is 1.74. The van der Waals surface area contributed by atoms with E-state index in [1.54, 1.807) is 22.3 Å². The summed E-state index contributed by atoms with van der Waals surface area (Å²) in [6.45, 7) is 7.94. The number of amides is 1. The van der Waals surface area contributed by atoms with Crippen LogP contribution in [0.2, 0.25) is 0 Å². The third-order valence-corrected chi connectivity index (χ3v) is 5.69. The molecule has 6 nitrogen and oxygen atoms in total. The number of fused-ring (bicyclic) bond motifs is 1. The molecule has 7 heteroatoms. The molecule has 3 rings (SSSR count). The third kappa shape index (κ3) is 2.80. The van der Waals surface area contributed by atoms with Gasteiger partial charge in [-0.3, -0.25) is 4.79 Å². The predicted molar refractivity (Wildman–Crippen MR) is 93.3 cm³/mol. The van der Waals surface area contributed by atoms with Gasteiger partial charge in [0.1, 0.15) is 0 Å². The number of carbonyl (C=O) groups excluding carboxylic acids is 1. The number of nitrogens with zero attached hydrogens (tertiary/aromatic N) is 4. The zero-order valence-corrected chi connectivity index (χ0v) is 15.3. The Labute approximate surface area is 144 Å². The van der Waals surface area contributed by atoms with Crippen molar-refractivity contribution in [2.75, 3.05) is 7.05 Å². The van der Waals surface area contributed by atoms with Crippen molar-refractivity contribution in [1.82, 2.24) is 20.0 Å². The number of aryl methyl sites for hydroxylation is 3. The average Bonchev–Trinajstić information content (AvgIpc) is 3.15. The quantitative estimate of drug-likeness (QED) is 0.722. The molecule has 0 aliphatic rings. The lowest BCUT2D eigenvalue weighted by Gasteiger charge is -2.24. The van der Waals surface area contributed by atoms with Crippen molar-refractivity contribution in [2.24, 2.45) is 0 Å². The Morgan fingerprint density at radius 3 is 2.79 bits per heavy atom. The summed E-state index contributed by atoms with van der Waals surface area (Å²) in [5.41, 5.74) is 2.70. The summed E-state index contributed by atoms with van der Waals surface area (Å²) in [6.07, 6.45) is 2.44. The molecule has 0 bridgehead atoms. The maximum Gasteiger partial charge on any atom is 0.257 e. The van der Waals surface area contributed by atoms with Gasteiger partial charge in [0.15, 0.2) is 0 Å². The van der Waals surface area contributed by atoms with Gasteiger partial charge in [-0.05, 0) is 33.3 Å². The number of hydrogen-bond acceptors (Lipinski definition) is 6. The maximum absolute atomic E-state index is 12.8. The summed E-state index contributed by atoms with van der Waals surface area (Å²) >= 11 is 1.67. The fourth-order valence-corrected chi connectivity index (χ4v) is 3.72. The number of pyridine rings is 1. The van der Waals surface area contributed by atoms with Crippen LogP contribution in [-0.2, 0) is 6.42 Å². The van der Waals surface area contributed by atoms with Gasteiger partial charge in [-0.2, -0.15) is 0 Å². The second-order valence-corrected chi connectivity index (χ2v) is 6.96. The second kappa shape index (κ2) is 6.32. The van der Waals surface area contributed by atoms with Crippen LogP contribution in [0.15, 0.2) is 16.8 Å². The van der Waals surface area contributed by atoms with E-state index in [4.69, 9.17) is 4.52 Å². The van der Waals surface area contributed by atoms with Crippen molar-refractivity contribution in [3.63, 3.8) is 0 Å². The van der Waals surface area contributed by atoms with Gasteiger partial charge in [-0.25, -0.2) is 9.97 Å². The second-order valence-electron chi connectivity index (χ2n) is 5.85. The summed E-state index contributed by atoms with van der Waals surface area (Å²) in [7, 11) is 1.81. The van der Waals surface area contributed by atoms with Gasteiger partial charge in [0.2, 0.25) is 0 Å². The topological polar surface area (TPSA) is 72.1 Å². The van der Waals surface area contributed by atoms with Crippen LogP contribution in [0.3, 0.4) is 0 Å². The van der Waals surface area contributed by atoms with Crippen molar-refractivity contribution >= 4 is 28.3 Å². The summed E-state index contributed by atoms with van der Waals surface area (Å²) in [5, 5.41) is 5.74. The highest BCUT2D eigenvalue weighted by molar-refractivity contribution is 7.11. The smallest absolute Gasteiger partial charge is 0.257 e. The van der Waals surface area contributed by atoms with Crippen molar-refractivity contribution in [2.45, 2.75) is 40.2 Å². The molecule has 0 N–H and O–H groups in total. The summed E-state index contributed by atoms with van der Waals surface area (Å²) < 4.78 is 5.10. The van der Waals surface area contributed by atoms with Crippen LogP contribution in [0.1, 0.15) is 51.5 Å². The Balaban J connectivity index is 1.89. The molecule has 1 unspecified atom stereocenters. The molecule has 24 heavy (non-hydrogen) atoms. The number of hydrogen-bond donors (Lipinski definition) is 0. The molecular weight excluding hydrogens is 324 g/mol. The standard InChI is InChI=1S/C17H20N4O2S/c1-6-14-19-10(3)15(24-14)11(4)21(5)17(22)12-7-13-9(2)20-23-16(13)18-8-12/h7-8,11H,6H2,1-5H3. The lowest BCUT2D eigenvalue weighted by atomic mass is 10.1. The van der Waals surface area contributed by atoms with Gasteiger partial charge < -0.3 is 9.42 Å². The van der Waals surface area contributed by atoms with Crippen LogP contribution in [0.5, 0.6) is 0 Å². The van der Waals surface area contributed by atoms with E-state index in [1.807, 2.05) is 27.8 Å². The molecule has 3 aromatic rings. The largest absolute Gasteiger partial charge is 0.336 e. The fourth-order valence-electron chi connectivity index (χ4n) is 2.62. The minimum atomic E-state index is -0.0802. The van der Waals surface area contributed by atoms with Crippen LogP contribution in [0, 0.1) is 13.8 Å². The zero-order valence-electron chi connectivity index (χ0n) is 14.5. The molecule has 0 saturated heterocycles. The van der Waals surface area contributed by atoms with E-state index >= 15 is 0 Å². The van der Waals surface area contributed by atoms with Gasteiger partial charge in [0, 0.05) is 18.1 Å². The van der Waals surface area contributed by atoms with E-state index in [-0.39, 0.29) is 11.9 Å². The summed E-state index contributed by atoms with van der Waals surface area (Å²) in [5.74, 6) is -0.0802. The number of rotatable bonds is 4. The van der Waals surface area contributed by atoms with Gasteiger partial charge in [0.05, 0.1) is 33.4 Å². The van der Waals surface area contributed by atoms with Crippen molar-refractivity contribution in [1.29, 1.82) is 0 Å². The number of aromatic nitrogens is 3. The Kier molecular flexibility index (Phi) is 4.36. The highest BCUT2D eigenvalue weighted by Gasteiger charge is 2.23. The normalized spacial score (nSPS) is 12.5. The summed E-state index contributed by atoms with van der Waals surface area (Å²) in [4.78, 5) is 24.4.